The predicted molar refractivity (Wildman–Crippen MR) is 193 cm³/mol. The number of halogens is 5. The molecule has 2 atom stereocenters. The smallest absolute Gasteiger partial charge is 0.378 e. The van der Waals surface area contributed by atoms with Crippen LogP contribution in [-0.2, 0) is 13.6 Å². The molecule has 51 heavy (non-hydrogen) atoms. The number of pyridine rings is 1. The second kappa shape index (κ2) is 13.7. The Morgan fingerprint density at radius 2 is 1.73 bits per heavy atom. The summed E-state index contributed by atoms with van der Waals surface area (Å²) in [6, 6.07) is 10.3. The van der Waals surface area contributed by atoms with Crippen molar-refractivity contribution in [2.45, 2.75) is 50.9 Å². The van der Waals surface area contributed by atoms with Gasteiger partial charge in [-0.15, -0.1) is 0 Å². The molecule has 3 heterocycles. The summed E-state index contributed by atoms with van der Waals surface area (Å²) in [6.07, 6.45) is -0.869. The first kappa shape index (κ1) is 35.2. The third-order valence-electron chi connectivity index (χ3n) is 10.4. The van der Waals surface area contributed by atoms with Crippen LogP contribution in [0.4, 0.5) is 36.2 Å². The average Bonchev–Trinajstić information content (AvgIpc) is 3.59. The van der Waals surface area contributed by atoms with E-state index in [1.165, 1.54) is 6.42 Å². The van der Waals surface area contributed by atoms with Crippen LogP contribution in [0, 0.1) is 17.8 Å². The molecule has 2 aromatic heterocycles. The lowest BCUT2D eigenvalue weighted by atomic mass is 9.85. The SMILES string of the molecule is CN(C)c1ccnc(C(=O)NCc2ccc(Cl)c(Nc3nc4cc(C(=O)NC5CCC(C(F)(F)F)CC5)c(N5CC6CC6C5)cc4n3C)c2Cl)c1. The molecule has 1 aliphatic heterocycles. The van der Waals surface area contributed by atoms with Crippen LogP contribution in [0.1, 0.15) is 58.5 Å². The molecule has 10 nitrogen and oxygen atoms in total. The van der Waals surface area contributed by atoms with Crippen LogP contribution in [0.3, 0.4) is 0 Å². The van der Waals surface area contributed by atoms with E-state index in [0.29, 0.717) is 50.2 Å². The lowest BCUT2D eigenvalue weighted by molar-refractivity contribution is -0.182. The van der Waals surface area contributed by atoms with Crippen LogP contribution >= 0.6 is 23.2 Å². The normalized spacial score (nSPS) is 21.4. The molecule has 15 heteroatoms. The summed E-state index contributed by atoms with van der Waals surface area (Å²) < 4.78 is 41.6. The van der Waals surface area contributed by atoms with E-state index in [9.17, 15) is 22.8 Å². The van der Waals surface area contributed by atoms with Crippen LogP contribution in [0.5, 0.6) is 0 Å². The molecular formula is C36H39Cl2F3N8O2. The number of imidazole rings is 1. The summed E-state index contributed by atoms with van der Waals surface area (Å²) in [4.78, 5) is 39.8. The fraction of sp³-hybridized carbons (Fsp3) is 0.444. The van der Waals surface area contributed by atoms with Crippen LogP contribution in [-0.4, -0.2) is 65.8 Å². The number of nitrogens with zero attached hydrogens (tertiary/aromatic N) is 5. The lowest BCUT2D eigenvalue weighted by Gasteiger charge is -2.31. The maximum Gasteiger partial charge on any atom is 0.391 e. The Morgan fingerprint density at radius 1 is 1.00 bits per heavy atom. The largest absolute Gasteiger partial charge is 0.391 e. The van der Waals surface area contributed by atoms with Gasteiger partial charge < -0.3 is 30.3 Å². The number of aromatic nitrogens is 3. The Labute approximate surface area is 303 Å². The van der Waals surface area contributed by atoms with Crippen molar-refractivity contribution in [1.29, 1.82) is 0 Å². The zero-order valence-corrected chi connectivity index (χ0v) is 30.0. The minimum atomic E-state index is -4.21. The fourth-order valence-electron chi connectivity index (χ4n) is 7.25. The Bertz CT molecular complexity index is 1980. The van der Waals surface area contributed by atoms with E-state index in [2.05, 4.69) is 25.8 Å². The Hall–Kier alpha value is -4.23. The number of carbonyl (C=O) groups is 2. The van der Waals surface area contributed by atoms with E-state index in [-0.39, 0.29) is 55.8 Å². The van der Waals surface area contributed by atoms with Crippen LogP contribution in [0.25, 0.3) is 11.0 Å². The van der Waals surface area contributed by atoms with Crippen molar-refractivity contribution in [2.24, 2.45) is 24.8 Å². The minimum absolute atomic E-state index is 0.00559. The number of rotatable bonds is 9. The monoisotopic (exact) mass is 742 g/mol. The van der Waals surface area contributed by atoms with E-state index >= 15 is 0 Å². The Morgan fingerprint density at radius 3 is 2.41 bits per heavy atom. The second-order valence-corrected chi connectivity index (χ2v) is 14.9. The lowest BCUT2D eigenvalue weighted by Crippen LogP contribution is -2.40. The fourth-order valence-corrected chi connectivity index (χ4v) is 7.78. The highest BCUT2D eigenvalue weighted by Crippen LogP contribution is 2.47. The Kier molecular flexibility index (Phi) is 9.47. The Balaban J connectivity index is 1.12. The molecule has 2 amide bonds. The van der Waals surface area contributed by atoms with Gasteiger partial charge in [-0.2, -0.15) is 13.2 Å². The third-order valence-corrected chi connectivity index (χ3v) is 11.2. The zero-order chi connectivity index (χ0) is 36.2. The van der Waals surface area contributed by atoms with Crippen molar-refractivity contribution < 1.29 is 22.8 Å². The van der Waals surface area contributed by atoms with Crippen molar-refractivity contribution in [3.63, 3.8) is 0 Å². The number of benzene rings is 2. The van der Waals surface area contributed by atoms with Crippen molar-refractivity contribution in [3.05, 3.63) is 69.5 Å². The van der Waals surface area contributed by atoms with Gasteiger partial charge in [0.05, 0.1) is 43.9 Å². The van der Waals surface area contributed by atoms with Gasteiger partial charge in [0.25, 0.3) is 11.8 Å². The van der Waals surface area contributed by atoms with Gasteiger partial charge in [-0.25, -0.2) is 4.98 Å². The van der Waals surface area contributed by atoms with E-state index in [0.717, 1.165) is 30.0 Å². The molecule has 7 rings (SSSR count). The maximum absolute atomic E-state index is 13.8. The number of hydrogen-bond donors (Lipinski definition) is 3. The van der Waals surface area contributed by atoms with Gasteiger partial charge in [-0.3, -0.25) is 14.6 Å². The van der Waals surface area contributed by atoms with Crippen LogP contribution in [0.2, 0.25) is 10.0 Å². The molecule has 3 aliphatic rings. The molecule has 2 unspecified atom stereocenters. The first-order valence-electron chi connectivity index (χ1n) is 17.0. The van der Waals surface area contributed by atoms with Crippen molar-refractivity contribution in [2.75, 3.05) is 42.3 Å². The van der Waals surface area contributed by atoms with E-state index in [1.54, 1.807) is 30.5 Å². The number of amides is 2. The molecule has 0 spiro atoms. The summed E-state index contributed by atoms with van der Waals surface area (Å²) in [5.41, 5.74) is 4.71. The average molecular weight is 744 g/mol. The van der Waals surface area contributed by atoms with Gasteiger partial charge >= 0.3 is 6.18 Å². The summed E-state index contributed by atoms with van der Waals surface area (Å²) in [5.74, 6) is -0.337. The number of nitrogens with one attached hydrogen (secondary N) is 3. The van der Waals surface area contributed by atoms with Crippen molar-refractivity contribution in [1.82, 2.24) is 25.2 Å². The molecule has 270 valence electrons. The second-order valence-electron chi connectivity index (χ2n) is 14.1. The first-order valence-corrected chi connectivity index (χ1v) is 17.8. The molecule has 3 fully saturated rings. The first-order chi connectivity index (χ1) is 24.3. The quantitative estimate of drug-likeness (QED) is 0.165. The van der Waals surface area contributed by atoms with Crippen molar-refractivity contribution >= 4 is 69.1 Å². The molecule has 3 N–H and O–H groups in total. The molecule has 0 radical (unpaired) electrons. The summed E-state index contributed by atoms with van der Waals surface area (Å²) >= 11 is 13.5. The molecule has 0 bridgehead atoms. The number of piperidine rings is 1. The highest BCUT2D eigenvalue weighted by Gasteiger charge is 2.46. The topological polar surface area (TPSA) is 107 Å². The molecule has 4 aromatic rings. The highest BCUT2D eigenvalue weighted by atomic mass is 35.5. The predicted octanol–water partition coefficient (Wildman–Crippen LogP) is 7.32. The highest BCUT2D eigenvalue weighted by molar-refractivity contribution is 6.39. The summed E-state index contributed by atoms with van der Waals surface area (Å²) in [6.45, 7) is 1.82. The number of alkyl halides is 3. The van der Waals surface area contributed by atoms with Gasteiger partial charge in [0.15, 0.2) is 0 Å². The number of carbonyl (C=O) groups excluding carboxylic acids is 2. The summed E-state index contributed by atoms with van der Waals surface area (Å²) in [7, 11) is 5.61. The van der Waals surface area contributed by atoms with Gasteiger partial charge in [0, 0.05) is 58.7 Å². The van der Waals surface area contributed by atoms with E-state index in [4.69, 9.17) is 28.2 Å². The molecule has 1 saturated heterocycles. The zero-order valence-electron chi connectivity index (χ0n) is 28.5. The van der Waals surface area contributed by atoms with Gasteiger partial charge in [0.2, 0.25) is 5.95 Å². The van der Waals surface area contributed by atoms with Gasteiger partial charge in [-0.1, -0.05) is 29.3 Å². The minimum Gasteiger partial charge on any atom is -0.378 e. The van der Waals surface area contributed by atoms with Crippen LogP contribution < -0.4 is 25.8 Å². The third kappa shape index (κ3) is 7.28. The number of hydrogen-bond acceptors (Lipinski definition) is 7. The molecule has 2 aromatic carbocycles. The van der Waals surface area contributed by atoms with Crippen molar-refractivity contribution in [3.8, 4) is 0 Å². The number of aryl methyl sites for hydroxylation is 1. The molecule has 2 aliphatic carbocycles. The van der Waals surface area contributed by atoms with Gasteiger partial charge in [-0.05, 0) is 79.8 Å². The molecular weight excluding hydrogens is 704 g/mol. The van der Waals surface area contributed by atoms with Crippen LogP contribution in [0.15, 0.2) is 42.6 Å². The van der Waals surface area contributed by atoms with E-state index < -0.39 is 12.1 Å². The standard InChI is InChI=1S/C36H39Cl2F3N8O2/c1-47(2)24-10-11-42-28(13-24)34(51)43-16-19-4-9-26(37)32(31(19)38)46-35-45-27-14-25(33(50)44-23-7-5-22(6-8-23)36(39,40)41)29(15-30(27)48(35)3)49-17-20-12-21(20)18-49/h4,9-11,13-15,20-23H,5-8,12,16-18H2,1-3H3,(H,43,51)(H,44,50)(H,45,46). The maximum atomic E-state index is 13.8. The summed E-state index contributed by atoms with van der Waals surface area (Å²) in [5, 5.41) is 9.81. The molecule has 2 saturated carbocycles. The number of anilines is 4. The van der Waals surface area contributed by atoms with Gasteiger partial charge in [0.1, 0.15) is 5.69 Å². The van der Waals surface area contributed by atoms with E-state index in [1.807, 2.05) is 42.7 Å². The number of fused-ring (bicyclic) bond motifs is 2.